The molecule has 0 unspecified atom stereocenters. The highest BCUT2D eigenvalue weighted by atomic mass is 16.1. The van der Waals surface area contributed by atoms with Gasteiger partial charge in [0.1, 0.15) is 0 Å². The van der Waals surface area contributed by atoms with Crippen molar-refractivity contribution in [3.8, 4) is 0 Å². The molecule has 0 aliphatic rings. The highest BCUT2D eigenvalue weighted by molar-refractivity contribution is 5.90. The minimum atomic E-state index is -0.0901. The Bertz CT molecular complexity index is 447. The van der Waals surface area contributed by atoms with Crippen LogP contribution in [0.4, 0.5) is 5.69 Å². The van der Waals surface area contributed by atoms with Crippen LogP contribution in [-0.4, -0.2) is 15.9 Å². The molecule has 0 radical (unpaired) electrons. The summed E-state index contributed by atoms with van der Waals surface area (Å²) in [4.78, 5) is 17.9. The number of amides is 1. The van der Waals surface area contributed by atoms with Gasteiger partial charge in [-0.3, -0.25) is 9.78 Å². The van der Waals surface area contributed by atoms with E-state index in [9.17, 15) is 4.79 Å². The lowest BCUT2D eigenvalue weighted by molar-refractivity contribution is -0.114. The van der Waals surface area contributed by atoms with Crippen molar-refractivity contribution in [2.75, 3.05) is 5.32 Å². The summed E-state index contributed by atoms with van der Waals surface area (Å²) in [6.07, 6.45) is 3.45. The molecule has 0 spiro atoms. The van der Waals surface area contributed by atoms with Crippen molar-refractivity contribution in [3.05, 3.63) is 24.5 Å². The number of hydrogen-bond acceptors (Lipinski definition) is 2. The Morgan fingerprint density at radius 1 is 1.62 bits per heavy atom. The minimum absolute atomic E-state index is 0.0901. The van der Waals surface area contributed by atoms with Crippen LogP contribution in [0.15, 0.2) is 24.5 Å². The summed E-state index contributed by atoms with van der Waals surface area (Å²) in [6, 6.07) is 3.73. The molecule has 0 aliphatic heterocycles. The number of rotatable bonds is 1. The predicted octanol–water partition coefficient (Wildman–Crippen LogP) is 1.52. The first-order valence-electron chi connectivity index (χ1n) is 3.96. The van der Waals surface area contributed by atoms with Crippen molar-refractivity contribution in [2.24, 2.45) is 0 Å². The first kappa shape index (κ1) is 7.79. The Morgan fingerprint density at radius 3 is 3.23 bits per heavy atom. The third kappa shape index (κ3) is 1.51. The Balaban J connectivity index is 2.42. The fourth-order valence-electron chi connectivity index (χ4n) is 1.21. The number of H-pyrrole nitrogens is 1. The molecule has 0 fully saturated rings. The maximum absolute atomic E-state index is 10.7. The molecule has 2 rings (SSSR count). The molecule has 66 valence electrons. The zero-order valence-electron chi connectivity index (χ0n) is 7.16. The Kier molecular flexibility index (Phi) is 1.73. The summed E-state index contributed by atoms with van der Waals surface area (Å²) in [5.74, 6) is -0.0901. The minimum Gasteiger partial charge on any atom is -0.360 e. The lowest BCUT2D eigenvalue weighted by Gasteiger charge is -1.99. The van der Waals surface area contributed by atoms with Gasteiger partial charge in [0, 0.05) is 13.1 Å². The van der Waals surface area contributed by atoms with Crippen molar-refractivity contribution in [3.63, 3.8) is 0 Å². The Morgan fingerprint density at radius 2 is 2.46 bits per heavy atom. The molecule has 2 aromatic rings. The van der Waals surface area contributed by atoms with Gasteiger partial charge in [-0.15, -0.1) is 0 Å². The van der Waals surface area contributed by atoms with Gasteiger partial charge in [0.2, 0.25) is 5.91 Å². The summed E-state index contributed by atoms with van der Waals surface area (Å²) < 4.78 is 0. The van der Waals surface area contributed by atoms with E-state index in [1.165, 1.54) is 6.92 Å². The second-order valence-electron chi connectivity index (χ2n) is 2.82. The standard InChI is InChI=1S/C9H9N3O/c1-6(13)12-7-4-9-8(11-5-7)2-3-10-9/h2-5,10H,1H3,(H,12,13). The van der Waals surface area contributed by atoms with Crippen molar-refractivity contribution in [1.82, 2.24) is 9.97 Å². The highest BCUT2D eigenvalue weighted by Crippen LogP contribution is 2.14. The van der Waals surface area contributed by atoms with E-state index in [4.69, 9.17) is 0 Å². The Hall–Kier alpha value is -1.84. The molecule has 0 saturated carbocycles. The second-order valence-corrected chi connectivity index (χ2v) is 2.82. The molecule has 4 nitrogen and oxygen atoms in total. The number of nitrogens with one attached hydrogen (secondary N) is 2. The molecule has 2 heterocycles. The van der Waals surface area contributed by atoms with Crippen molar-refractivity contribution < 1.29 is 4.79 Å². The number of aromatic amines is 1. The van der Waals surface area contributed by atoms with Gasteiger partial charge in [-0.1, -0.05) is 0 Å². The summed E-state index contributed by atoms with van der Waals surface area (Å²) in [5.41, 5.74) is 2.53. The van der Waals surface area contributed by atoms with E-state index in [0.717, 1.165) is 11.0 Å². The number of anilines is 1. The third-order valence-electron chi connectivity index (χ3n) is 1.72. The number of hydrogen-bond donors (Lipinski definition) is 2. The predicted molar refractivity (Wildman–Crippen MR) is 50.4 cm³/mol. The summed E-state index contributed by atoms with van der Waals surface area (Å²) in [7, 11) is 0. The van der Waals surface area contributed by atoms with E-state index in [1.807, 2.05) is 18.3 Å². The zero-order chi connectivity index (χ0) is 9.26. The molecule has 4 heteroatoms. The van der Waals surface area contributed by atoms with E-state index >= 15 is 0 Å². The number of aromatic nitrogens is 2. The average Bonchev–Trinajstić information content (AvgIpc) is 2.49. The second kappa shape index (κ2) is 2.90. The largest absolute Gasteiger partial charge is 0.360 e. The molecule has 1 amide bonds. The zero-order valence-corrected chi connectivity index (χ0v) is 7.16. The smallest absolute Gasteiger partial charge is 0.221 e. The maximum Gasteiger partial charge on any atom is 0.221 e. The number of carbonyl (C=O) groups is 1. The topological polar surface area (TPSA) is 57.8 Å². The first-order chi connectivity index (χ1) is 6.25. The van der Waals surface area contributed by atoms with Crippen LogP contribution >= 0.6 is 0 Å². The molecular weight excluding hydrogens is 166 g/mol. The van der Waals surface area contributed by atoms with Crippen LogP contribution in [-0.2, 0) is 4.79 Å². The van der Waals surface area contributed by atoms with Crippen molar-refractivity contribution in [2.45, 2.75) is 6.92 Å². The number of pyridine rings is 1. The van der Waals surface area contributed by atoms with E-state index in [-0.39, 0.29) is 5.91 Å². The molecule has 0 saturated heterocycles. The van der Waals surface area contributed by atoms with Crippen LogP contribution < -0.4 is 5.32 Å². The van der Waals surface area contributed by atoms with E-state index in [0.29, 0.717) is 5.69 Å². The lowest BCUT2D eigenvalue weighted by atomic mass is 10.3. The van der Waals surface area contributed by atoms with Gasteiger partial charge >= 0.3 is 0 Å². The third-order valence-corrected chi connectivity index (χ3v) is 1.72. The maximum atomic E-state index is 10.7. The van der Waals surface area contributed by atoms with E-state index < -0.39 is 0 Å². The summed E-state index contributed by atoms with van der Waals surface area (Å²) in [5, 5.41) is 2.67. The fraction of sp³-hybridized carbons (Fsp3) is 0.111. The van der Waals surface area contributed by atoms with Crippen molar-refractivity contribution in [1.29, 1.82) is 0 Å². The molecule has 13 heavy (non-hydrogen) atoms. The number of carbonyl (C=O) groups excluding carboxylic acids is 1. The summed E-state index contributed by atoms with van der Waals surface area (Å²) >= 11 is 0. The molecular formula is C9H9N3O. The van der Waals surface area contributed by atoms with E-state index in [2.05, 4.69) is 15.3 Å². The molecule has 0 aliphatic carbocycles. The molecule has 2 aromatic heterocycles. The monoisotopic (exact) mass is 175 g/mol. The van der Waals surface area contributed by atoms with Crippen LogP contribution in [0, 0.1) is 0 Å². The first-order valence-corrected chi connectivity index (χ1v) is 3.96. The molecule has 2 N–H and O–H groups in total. The Labute approximate surface area is 75.0 Å². The lowest BCUT2D eigenvalue weighted by Crippen LogP contribution is -2.05. The van der Waals surface area contributed by atoms with Gasteiger partial charge in [-0.05, 0) is 12.1 Å². The summed E-state index contributed by atoms with van der Waals surface area (Å²) in [6.45, 7) is 1.47. The number of fused-ring (bicyclic) bond motifs is 1. The van der Waals surface area contributed by atoms with Crippen LogP contribution in [0.3, 0.4) is 0 Å². The molecule has 0 bridgehead atoms. The quantitative estimate of drug-likeness (QED) is 0.690. The van der Waals surface area contributed by atoms with Gasteiger partial charge in [-0.2, -0.15) is 0 Å². The SMILES string of the molecule is CC(=O)Nc1cnc2cc[nH]c2c1. The average molecular weight is 175 g/mol. The molecule has 0 aromatic carbocycles. The van der Waals surface area contributed by atoms with Crippen LogP contribution in [0.25, 0.3) is 11.0 Å². The van der Waals surface area contributed by atoms with Gasteiger partial charge in [0.25, 0.3) is 0 Å². The van der Waals surface area contributed by atoms with Crippen LogP contribution in [0.5, 0.6) is 0 Å². The van der Waals surface area contributed by atoms with Gasteiger partial charge in [0.05, 0.1) is 22.9 Å². The van der Waals surface area contributed by atoms with Crippen LogP contribution in [0.2, 0.25) is 0 Å². The van der Waals surface area contributed by atoms with Gasteiger partial charge in [-0.25, -0.2) is 0 Å². The van der Waals surface area contributed by atoms with Gasteiger partial charge in [0.15, 0.2) is 0 Å². The van der Waals surface area contributed by atoms with E-state index in [1.54, 1.807) is 6.20 Å². The van der Waals surface area contributed by atoms with Gasteiger partial charge < -0.3 is 10.3 Å². The molecule has 0 atom stereocenters. The number of nitrogens with zero attached hydrogens (tertiary/aromatic N) is 1. The van der Waals surface area contributed by atoms with Crippen molar-refractivity contribution >= 4 is 22.6 Å². The fourth-order valence-corrected chi connectivity index (χ4v) is 1.21. The normalized spacial score (nSPS) is 10.2. The highest BCUT2D eigenvalue weighted by Gasteiger charge is 1.98. The van der Waals surface area contributed by atoms with Crippen LogP contribution in [0.1, 0.15) is 6.92 Å².